The predicted octanol–water partition coefficient (Wildman–Crippen LogP) is 11.9. The van der Waals surface area contributed by atoms with Crippen molar-refractivity contribution in [3.63, 3.8) is 0 Å². The Balaban J connectivity index is 1.23. The molecule has 246 valence electrons. The van der Waals surface area contributed by atoms with Gasteiger partial charge in [0, 0.05) is 61.8 Å². The standard InChI is InChI=1S/C48H29N5/c49-30-31-25-33(32-21-23-50-24-22-32)27-36(26-31)53-47-19-17-34(51-43-13-5-1-9-37(43)38-10-2-6-14-44(38)51)28-41(47)42-29-35(18-20-48(42)53)52-45-15-7-3-11-39(45)40-12-4-8-16-46(40)52/h1-29H. The van der Waals surface area contributed by atoms with E-state index < -0.39 is 0 Å². The molecule has 0 bridgehead atoms. The third-order valence-corrected chi connectivity index (χ3v) is 10.7. The molecule has 0 atom stereocenters. The number of hydrogen-bond donors (Lipinski definition) is 0. The van der Waals surface area contributed by atoms with Gasteiger partial charge in [0.25, 0.3) is 0 Å². The molecule has 7 aromatic carbocycles. The Morgan fingerprint density at radius 2 is 0.774 bits per heavy atom. The summed E-state index contributed by atoms with van der Waals surface area (Å²) in [6.45, 7) is 0. The monoisotopic (exact) mass is 675 g/mol. The van der Waals surface area contributed by atoms with Crippen LogP contribution in [0, 0.1) is 11.3 Å². The molecule has 4 heterocycles. The van der Waals surface area contributed by atoms with Crippen LogP contribution in [0.1, 0.15) is 5.56 Å². The smallest absolute Gasteiger partial charge is 0.0992 e. The zero-order chi connectivity index (χ0) is 35.0. The van der Waals surface area contributed by atoms with Crippen molar-refractivity contribution >= 4 is 65.4 Å². The van der Waals surface area contributed by atoms with Crippen LogP contribution in [0.5, 0.6) is 0 Å². The number of pyridine rings is 1. The molecule has 5 heteroatoms. The van der Waals surface area contributed by atoms with Crippen molar-refractivity contribution in [3.8, 4) is 34.3 Å². The number of nitriles is 1. The minimum Gasteiger partial charge on any atom is -0.309 e. The first kappa shape index (κ1) is 29.3. The van der Waals surface area contributed by atoms with E-state index in [4.69, 9.17) is 0 Å². The first-order chi connectivity index (χ1) is 26.2. The molecule has 0 saturated heterocycles. The molecule has 0 spiro atoms. The van der Waals surface area contributed by atoms with Crippen LogP contribution in [0.2, 0.25) is 0 Å². The lowest BCUT2D eigenvalue weighted by molar-refractivity contribution is 1.16. The second-order valence-electron chi connectivity index (χ2n) is 13.6. The normalized spacial score (nSPS) is 11.8. The maximum Gasteiger partial charge on any atom is 0.0992 e. The van der Waals surface area contributed by atoms with Gasteiger partial charge in [-0.05, 0) is 102 Å². The molecular formula is C48H29N5. The van der Waals surface area contributed by atoms with Gasteiger partial charge >= 0.3 is 0 Å². The van der Waals surface area contributed by atoms with Gasteiger partial charge in [-0.1, -0.05) is 72.8 Å². The van der Waals surface area contributed by atoms with Gasteiger partial charge in [0.15, 0.2) is 0 Å². The van der Waals surface area contributed by atoms with Crippen molar-refractivity contribution in [2.24, 2.45) is 0 Å². The van der Waals surface area contributed by atoms with Crippen LogP contribution in [0.3, 0.4) is 0 Å². The molecule has 0 aliphatic rings. The molecule has 0 N–H and O–H groups in total. The Morgan fingerprint density at radius 1 is 0.358 bits per heavy atom. The largest absolute Gasteiger partial charge is 0.309 e. The summed E-state index contributed by atoms with van der Waals surface area (Å²) in [5.41, 5.74) is 12.6. The minimum absolute atomic E-state index is 0.605. The molecule has 0 aliphatic carbocycles. The fourth-order valence-electron chi connectivity index (χ4n) is 8.47. The van der Waals surface area contributed by atoms with E-state index in [1.165, 1.54) is 43.6 Å². The number of fused-ring (bicyclic) bond motifs is 9. The molecule has 0 unspecified atom stereocenters. The van der Waals surface area contributed by atoms with Gasteiger partial charge in [-0.15, -0.1) is 0 Å². The highest BCUT2D eigenvalue weighted by Crippen LogP contribution is 2.40. The second kappa shape index (κ2) is 11.3. The average molecular weight is 676 g/mol. The van der Waals surface area contributed by atoms with Crippen molar-refractivity contribution < 1.29 is 0 Å². The Hall–Kier alpha value is -7.42. The molecule has 11 rings (SSSR count). The first-order valence-corrected chi connectivity index (χ1v) is 17.8. The summed E-state index contributed by atoms with van der Waals surface area (Å²) in [6.07, 6.45) is 3.59. The van der Waals surface area contributed by atoms with Crippen molar-refractivity contribution in [1.29, 1.82) is 5.26 Å². The van der Waals surface area contributed by atoms with Crippen LogP contribution >= 0.6 is 0 Å². The van der Waals surface area contributed by atoms with Gasteiger partial charge in [-0.3, -0.25) is 4.98 Å². The molecule has 53 heavy (non-hydrogen) atoms. The number of rotatable bonds is 4. The Labute approximate surface area is 304 Å². The molecule has 0 fully saturated rings. The number of hydrogen-bond acceptors (Lipinski definition) is 2. The van der Waals surface area contributed by atoms with E-state index in [2.05, 4.69) is 164 Å². The van der Waals surface area contributed by atoms with E-state index in [0.717, 1.165) is 50.0 Å². The van der Waals surface area contributed by atoms with Gasteiger partial charge < -0.3 is 13.7 Å². The molecule has 4 aromatic heterocycles. The van der Waals surface area contributed by atoms with E-state index in [0.29, 0.717) is 5.56 Å². The van der Waals surface area contributed by atoms with Crippen molar-refractivity contribution in [3.05, 3.63) is 182 Å². The van der Waals surface area contributed by atoms with Crippen LogP contribution < -0.4 is 0 Å². The van der Waals surface area contributed by atoms with E-state index in [9.17, 15) is 5.26 Å². The lowest BCUT2D eigenvalue weighted by Crippen LogP contribution is -1.97. The average Bonchev–Trinajstić information content (AvgIpc) is 3.86. The lowest BCUT2D eigenvalue weighted by Gasteiger charge is -2.13. The summed E-state index contributed by atoms with van der Waals surface area (Å²) in [6, 6.07) is 60.7. The summed E-state index contributed by atoms with van der Waals surface area (Å²) < 4.78 is 7.06. The molecular weight excluding hydrogens is 647 g/mol. The quantitative estimate of drug-likeness (QED) is 0.186. The fraction of sp³-hybridized carbons (Fsp3) is 0. The molecule has 0 amide bonds. The number of benzene rings is 7. The maximum absolute atomic E-state index is 10.2. The van der Waals surface area contributed by atoms with Gasteiger partial charge in [-0.25, -0.2) is 0 Å². The van der Waals surface area contributed by atoms with E-state index in [-0.39, 0.29) is 0 Å². The van der Waals surface area contributed by atoms with Gasteiger partial charge in [0.1, 0.15) is 0 Å². The first-order valence-electron chi connectivity index (χ1n) is 17.8. The van der Waals surface area contributed by atoms with Crippen LogP contribution in [0.15, 0.2) is 176 Å². The highest BCUT2D eigenvalue weighted by molar-refractivity contribution is 6.14. The number of nitrogens with zero attached hydrogens (tertiary/aromatic N) is 5. The third-order valence-electron chi connectivity index (χ3n) is 10.7. The highest BCUT2D eigenvalue weighted by atomic mass is 15.0. The summed E-state index contributed by atoms with van der Waals surface area (Å²) >= 11 is 0. The second-order valence-corrected chi connectivity index (χ2v) is 13.6. The van der Waals surface area contributed by atoms with E-state index in [1.54, 1.807) is 12.4 Å². The third kappa shape index (κ3) is 4.33. The molecule has 11 aromatic rings. The van der Waals surface area contributed by atoms with Crippen LogP contribution in [-0.4, -0.2) is 18.7 Å². The SMILES string of the molecule is N#Cc1cc(-c2ccncc2)cc(-n2c3ccc(-n4c5ccccc5c5ccccc54)cc3c3cc(-n4c5ccccc5c5ccccc54)ccc32)c1. The van der Waals surface area contributed by atoms with Gasteiger partial charge in [0.2, 0.25) is 0 Å². The molecule has 0 saturated carbocycles. The zero-order valence-electron chi connectivity index (χ0n) is 28.5. The van der Waals surface area contributed by atoms with Gasteiger partial charge in [-0.2, -0.15) is 5.26 Å². The van der Waals surface area contributed by atoms with E-state index in [1.807, 2.05) is 24.3 Å². The minimum atomic E-state index is 0.605. The fourth-order valence-corrected chi connectivity index (χ4v) is 8.47. The van der Waals surface area contributed by atoms with Crippen molar-refractivity contribution in [2.45, 2.75) is 0 Å². The maximum atomic E-state index is 10.2. The van der Waals surface area contributed by atoms with Crippen LogP contribution in [-0.2, 0) is 0 Å². The van der Waals surface area contributed by atoms with Gasteiger partial charge in [0.05, 0.1) is 44.7 Å². The van der Waals surface area contributed by atoms with Crippen LogP contribution in [0.25, 0.3) is 93.6 Å². The summed E-state index contributed by atoms with van der Waals surface area (Å²) in [5, 5.41) is 17.4. The summed E-state index contributed by atoms with van der Waals surface area (Å²) in [4.78, 5) is 4.23. The molecule has 5 nitrogen and oxygen atoms in total. The zero-order valence-corrected chi connectivity index (χ0v) is 28.5. The van der Waals surface area contributed by atoms with E-state index >= 15 is 0 Å². The van der Waals surface area contributed by atoms with Crippen LogP contribution in [0.4, 0.5) is 0 Å². The molecule has 0 aliphatic heterocycles. The highest BCUT2D eigenvalue weighted by Gasteiger charge is 2.19. The Morgan fingerprint density at radius 3 is 1.23 bits per heavy atom. The predicted molar refractivity (Wildman–Crippen MR) is 217 cm³/mol. The summed E-state index contributed by atoms with van der Waals surface area (Å²) in [5.74, 6) is 0. The lowest BCUT2D eigenvalue weighted by atomic mass is 10.0. The van der Waals surface area contributed by atoms with Crippen molar-refractivity contribution in [2.75, 3.05) is 0 Å². The number of aromatic nitrogens is 4. The Kier molecular flexibility index (Phi) is 6.25. The van der Waals surface area contributed by atoms with Crippen molar-refractivity contribution in [1.82, 2.24) is 18.7 Å². The summed E-state index contributed by atoms with van der Waals surface area (Å²) in [7, 11) is 0. The number of para-hydroxylation sites is 4. The topological polar surface area (TPSA) is 51.5 Å². The molecule has 0 radical (unpaired) electrons. The Bertz CT molecular complexity index is 3020.